The lowest BCUT2D eigenvalue weighted by Crippen LogP contribution is -2.24. The molecule has 0 radical (unpaired) electrons. The Morgan fingerprint density at radius 3 is 2.91 bits per heavy atom. The molecule has 3 aromatic heterocycles. The minimum absolute atomic E-state index is 0.184. The highest BCUT2D eigenvalue weighted by molar-refractivity contribution is 5.91. The molecule has 3 aromatic rings. The number of carbonyl (C=O) groups is 1. The van der Waals surface area contributed by atoms with Gasteiger partial charge in [-0.3, -0.25) is 14.2 Å². The molecule has 3 heterocycles. The standard InChI is InChI=1S/C15H19N5O2/c1-10-5-6-13(22-10)15(21)16-7-4-8-20-14-11(2)18-19(3)12(14)9-17-20/h5-6,9H,4,7-8H2,1-3H3,(H,16,21). The Kier molecular flexibility index (Phi) is 3.70. The van der Waals surface area contributed by atoms with E-state index in [0.717, 1.165) is 35.5 Å². The van der Waals surface area contributed by atoms with Crippen molar-refractivity contribution in [3.05, 3.63) is 35.5 Å². The third kappa shape index (κ3) is 2.61. The summed E-state index contributed by atoms with van der Waals surface area (Å²) in [5.74, 6) is 0.898. The van der Waals surface area contributed by atoms with E-state index < -0.39 is 0 Å². The monoisotopic (exact) mass is 301 g/mol. The van der Waals surface area contributed by atoms with E-state index in [1.807, 2.05) is 36.5 Å². The van der Waals surface area contributed by atoms with Crippen molar-refractivity contribution < 1.29 is 9.21 Å². The predicted octanol–water partition coefficient (Wildman–Crippen LogP) is 1.80. The van der Waals surface area contributed by atoms with E-state index in [9.17, 15) is 4.79 Å². The van der Waals surface area contributed by atoms with Crippen LogP contribution in [-0.4, -0.2) is 32.0 Å². The summed E-state index contributed by atoms with van der Waals surface area (Å²) in [7, 11) is 1.91. The Morgan fingerprint density at radius 1 is 1.36 bits per heavy atom. The van der Waals surface area contributed by atoms with E-state index in [-0.39, 0.29) is 5.91 Å². The molecule has 22 heavy (non-hydrogen) atoms. The van der Waals surface area contributed by atoms with Crippen molar-refractivity contribution in [2.24, 2.45) is 7.05 Å². The maximum absolute atomic E-state index is 11.8. The van der Waals surface area contributed by atoms with Gasteiger partial charge in [-0.25, -0.2) is 0 Å². The fraction of sp³-hybridized carbons (Fsp3) is 0.400. The average molecular weight is 301 g/mol. The molecule has 0 saturated heterocycles. The average Bonchev–Trinajstić information content (AvgIpc) is 3.15. The second-order valence-electron chi connectivity index (χ2n) is 5.33. The molecule has 7 nitrogen and oxygen atoms in total. The van der Waals surface area contributed by atoms with Crippen molar-refractivity contribution in [1.29, 1.82) is 0 Å². The number of fused-ring (bicyclic) bond motifs is 1. The van der Waals surface area contributed by atoms with E-state index in [4.69, 9.17) is 4.42 Å². The fourth-order valence-electron chi connectivity index (χ4n) is 2.55. The van der Waals surface area contributed by atoms with Gasteiger partial charge >= 0.3 is 0 Å². The molecular weight excluding hydrogens is 282 g/mol. The molecular formula is C15H19N5O2. The van der Waals surface area contributed by atoms with Gasteiger partial charge in [0.1, 0.15) is 16.8 Å². The minimum atomic E-state index is -0.184. The number of nitrogens with one attached hydrogen (secondary N) is 1. The third-order valence-corrected chi connectivity index (χ3v) is 3.61. The van der Waals surface area contributed by atoms with Gasteiger partial charge in [-0.15, -0.1) is 0 Å². The van der Waals surface area contributed by atoms with Crippen LogP contribution in [0, 0.1) is 13.8 Å². The van der Waals surface area contributed by atoms with Crippen molar-refractivity contribution >= 4 is 16.9 Å². The molecule has 0 fully saturated rings. The normalized spacial score (nSPS) is 11.2. The molecule has 1 amide bonds. The van der Waals surface area contributed by atoms with E-state index in [0.29, 0.717) is 12.3 Å². The van der Waals surface area contributed by atoms with Crippen LogP contribution in [0.3, 0.4) is 0 Å². The molecule has 0 aliphatic rings. The van der Waals surface area contributed by atoms with Gasteiger partial charge < -0.3 is 9.73 Å². The second-order valence-corrected chi connectivity index (χ2v) is 5.33. The molecule has 0 aromatic carbocycles. The van der Waals surface area contributed by atoms with Crippen LogP contribution in [-0.2, 0) is 13.6 Å². The van der Waals surface area contributed by atoms with Crippen LogP contribution < -0.4 is 5.32 Å². The van der Waals surface area contributed by atoms with Crippen molar-refractivity contribution in [3.8, 4) is 0 Å². The van der Waals surface area contributed by atoms with E-state index in [1.165, 1.54) is 0 Å². The quantitative estimate of drug-likeness (QED) is 0.729. The molecule has 3 rings (SSSR count). The summed E-state index contributed by atoms with van der Waals surface area (Å²) in [6.45, 7) is 5.09. The first kappa shape index (κ1) is 14.4. The van der Waals surface area contributed by atoms with Crippen LogP contribution >= 0.6 is 0 Å². The van der Waals surface area contributed by atoms with Gasteiger partial charge in [0.15, 0.2) is 5.76 Å². The first-order chi connectivity index (χ1) is 10.6. The Morgan fingerprint density at radius 2 is 2.18 bits per heavy atom. The van der Waals surface area contributed by atoms with Crippen molar-refractivity contribution in [1.82, 2.24) is 24.9 Å². The first-order valence-electron chi connectivity index (χ1n) is 7.26. The van der Waals surface area contributed by atoms with E-state index in [2.05, 4.69) is 15.5 Å². The highest BCUT2D eigenvalue weighted by atomic mass is 16.3. The summed E-state index contributed by atoms with van der Waals surface area (Å²) in [5.41, 5.74) is 3.04. The number of aromatic nitrogens is 4. The zero-order valence-electron chi connectivity index (χ0n) is 13.0. The number of aryl methyl sites for hydroxylation is 4. The Bertz CT molecular complexity index is 811. The van der Waals surface area contributed by atoms with E-state index in [1.54, 1.807) is 12.1 Å². The zero-order chi connectivity index (χ0) is 15.7. The van der Waals surface area contributed by atoms with Crippen LogP contribution in [0.2, 0.25) is 0 Å². The topological polar surface area (TPSA) is 77.9 Å². The molecule has 0 unspecified atom stereocenters. The SMILES string of the molecule is Cc1ccc(C(=O)NCCCn2ncc3c2c(C)nn3C)o1. The predicted molar refractivity (Wildman–Crippen MR) is 81.6 cm³/mol. The Labute approximate surface area is 127 Å². The molecule has 0 aliphatic carbocycles. The fourth-order valence-corrected chi connectivity index (χ4v) is 2.55. The van der Waals surface area contributed by atoms with Crippen molar-refractivity contribution in [3.63, 3.8) is 0 Å². The largest absolute Gasteiger partial charge is 0.456 e. The summed E-state index contributed by atoms with van der Waals surface area (Å²) in [5, 5.41) is 11.6. The minimum Gasteiger partial charge on any atom is -0.456 e. The van der Waals surface area contributed by atoms with Crippen molar-refractivity contribution in [2.45, 2.75) is 26.8 Å². The summed E-state index contributed by atoms with van der Waals surface area (Å²) < 4.78 is 9.04. The first-order valence-corrected chi connectivity index (χ1v) is 7.26. The highest BCUT2D eigenvalue weighted by Crippen LogP contribution is 2.16. The Hall–Kier alpha value is -2.57. The van der Waals surface area contributed by atoms with Gasteiger partial charge in [0.05, 0.1) is 11.9 Å². The Balaban J connectivity index is 1.55. The molecule has 116 valence electrons. The molecule has 0 saturated carbocycles. The lowest BCUT2D eigenvalue weighted by molar-refractivity contribution is 0.0923. The van der Waals surface area contributed by atoms with Gasteiger partial charge in [0, 0.05) is 20.1 Å². The lowest BCUT2D eigenvalue weighted by Gasteiger charge is -2.04. The number of hydrogen-bond acceptors (Lipinski definition) is 4. The number of rotatable bonds is 5. The number of hydrogen-bond donors (Lipinski definition) is 1. The summed E-state index contributed by atoms with van der Waals surface area (Å²) in [6, 6.07) is 3.46. The molecule has 0 spiro atoms. The van der Waals surface area contributed by atoms with Gasteiger partial charge in [0.25, 0.3) is 5.91 Å². The second kappa shape index (κ2) is 5.67. The molecule has 0 atom stereocenters. The maximum Gasteiger partial charge on any atom is 0.286 e. The van der Waals surface area contributed by atoms with Crippen LogP contribution in [0.15, 0.2) is 22.7 Å². The number of amides is 1. The van der Waals surface area contributed by atoms with Crippen LogP contribution in [0.1, 0.15) is 28.4 Å². The summed E-state index contributed by atoms with van der Waals surface area (Å²) >= 11 is 0. The number of carbonyl (C=O) groups excluding carboxylic acids is 1. The maximum atomic E-state index is 11.8. The van der Waals surface area contributed by atoms with Crippen LogP contribution in [0.5, 0.6) is 0 Å². The van der Waals surface area contributed by atoms with Gasteiger partial charge in [-0.1, -0.05) is 0 Å². The molecule has 0 aliphatic heterocycles. The third-order valence-electron chi connectivity index (χ3n) is 3.61. The summed E-state index contributed by atoms with van der Waals surface area (Å²) in [6.07, 6.45) is 2.61. The van der Waals surface area contributed by atoms with Gasteiger partial charge in [0.2, 0.25) is 0 Å². The number of nitrogens with zero attached hydrogens (tertiary/aromatic N) is 4. The van der Waals surface area contributed by atoms with Crippen LogP contribution in [0.4, 0.5) is 0 Å². The molecule has 1 N–H and O–H groups in total. The molecule has 0 bridgehead atoms. The highest BCUT2D eigenvalue weighted by Gasteiger charge is 2.12. The van der Waals surface area contributed by atoms with Crippen molar-refractivity contribution in [2.75, 3.05) is 6.54 Å². The van der Waals surface area contributed by atoms with Gasteiger partial charge in [-0.2, -0.15) is 10.2 Å². The molecule has 7 heteroatoms. The van der Waals surface area contributed by atoms with Crippen LogP contribution in [0.25, 0.3) is 11.0 Å². The summed E-state index contributed by atoms with van der Waals surface area (Å²) in [4.78, 5) is 11.8. The van der Waals surface area contributed by atoms with E-state index >= 15 is 0 Å². The lowest BCUT2D eigenvalue weighted by atomic mass is 10.3. The zero-order valence-corrected chi connectivity index (χ0v) is 13.0. The number of furan rings is 1. The smallest absolute Gasteiger partial charge is 0.286 e. The van der Waals surface area contributed by atoms with Gasteiger partial charge in [-0.05, 0) is 32.4 Å².